The number of carbonyl (C=O) groups excluding carboxylic acids is 2. The maximum Gasteiger partial charge on any atom is 0.307 e. The number of nitrogens with one attached hydrogen (secondary N) is 1. The third kappa shape index (κ3) is 7.61. The minimum absolute atomic E-state index is 0.0643. The molecule has 0 aliphatic carbocycles. The Balaban J connectivity index is 2.38. The van der Waals surface area contributed by atoms with Gasteiger partial charge >= 0.3 is 5.97 Å². The van der Waals surface area contributed by atoms with Crippen LogP contribution in [0, 0.1) is 6.92 Å². The number of rotatable bonds is 13. The maximum atomic E-state index is 12.4. The lowest BCUT2D eigenvalue weighted by molar-refractivity contribution is -0.141. The zero-order chi connectivity index (χ0) is 24.2. The molecule has 6 heteroatoms. The standard InChI is InChI=1S/C27H33NO5/c1-5-7-8-16-33-24-15-9-12-19(3)26(24)21-14-10-13-20(17-21)22(18-25(30)32-4)28-27(31)23(29)11-6-2/h5-6,9-10,12-15,17,22-23,29H,1-2,7-8,11,16,18H2,3-4H3,(H,28,31)/t22-,23+/m0/s1. The van der Waals surface area contributed by atoms with Gasteiger partial charge in [0.2, 0.25) is 5.91 Å². The first-order valence-electron chi connectivity index (χ1n) is 11.0. The predicted molar refractivity (Wildman–Crippen MR) is 130 cm³/mol. The second-order valence-electron chi connectivity index (χ2n) is 7.73. The molecule has 0 unspecified atom stereocenters. The van der Waals surface area contributed by atoms with Crippen molar-refractivity contribution in [1.29, 1.82) is 0 Å². The van der Waals surface area contributed by atoms with Gasteiger partial charge in [-0.05, 0) is 48.6 Å². The van der Waals surface area contributed by atoms with Crippen LogP contribution in [0.5, 0.6) is 5.75 Å². The number of aliphatic hydroxyl groups excluding tert-OH is 1. The predicted octanol–water partition coefficient (Wildman–Crippen LogP) is 4.66. The van der Waals surface area contributed by atoms with Crippen LogP contribution in [0.25, 0.3) is 11.1 Å². The molecular weight excluding hydrogens is 418 g/mol. The van der Waals surface area contributed by atoms with E-state index in [1.54, 1.807) is 0 Å². The normalized spacial score (nSPS) is 12.3. The average Bonchev–Trinajstić information content (AvgIpc) is 2.81. The summed E-state index contributed by atoms with van der Waals surface area (Å²) in [4.78, 5) is 24.5. The summed E-state index contributed by atoms with van der Waals surface area (Å²) in [6.45, 7) is 9.87. The molecule has 0 saturated heterocycles. The molecule has 2 atom stereocenters. The van der Waals surface area contributed by atoms with E-state index in [0.717, 1.165) is 40.8 Å². The van der Waals surface area contributed by atoms with E-state index in [1.807, 2.05) is 55.5 Å². The van der Waals surface area contributed by atoms with Crippen molar-refractivity contribution in [3.05, 3.63) is 78.9 Å². The van der Waals surface area contributed by atoms with Gasteiger partial charge in [-0.15, -0.1) is 13.2 Å². The summed E-state index contributed by atoms with van der Waals surface area (Å²) < 4.78 is 10.9. The number of allylic oxidation sites excluding steroid dienone is 1. The van der Waals surface area contributed by atoms with Crippen molar-refractivity contribution in [2.24, 2.45) is 0 Å². The summed E-state index contributed by atoms with van der Waals surface area (Å²) in [5.74, 6) is -0.270. The molecule has 1 amide bonds. The number of benzene rings is 2. The van der Waals surface area contributed by atoms with Crippen molar-refractivity contribution in [2.45, 2.75) is 44.8 Å². The molecule has 0 radical (unpaired) electrons. The number of amides is 1. The first-order valence-corrected chi connectivity index (χ1v) is 11.0. The Hall–Kier alpha value is -3.38. The summed E-state index contributed by atoms with van der Waals surface area (Å²) in [6, 6.07) is 12.8. The third-order valence-electron chi connectivity index (χ3n) is 5.23. The first kappa shape index (κ1) is 25.9. The van der Waals surface area contributed by atoms with Gasteiger partial charge < -0.3 is 19.9 Å². The zero-order valence-corrected chi connectivity index (χ0v) is 19.4. The molecule has 0 aliphatic rings. The van der Waals surface area contributed by atoms with Crippen LogP contribution in [0.2, 0.25) is 0 Å². The molecule has 0 heterocycles. The van der Waals surface area contributed by atoms with Gasteiger partial charge in [0, 0.05) is 12.0 Å². The number of unbranched alkanes of at least 4 members (excludes halogenated alkanes) is 1. The van der Waals surface area contributed by atoms with E-state index < -0.39 is 24.0 Å². The fraction of sp³-hybridized carbons (Fsp3) is 0.333. The number of hydrogen-bond donors (Lipinski definition) is 2. The summed E-state index contributed by atoms with van der Waals surface area (Å²) >= 11 is 0. The molecular formula is C27H33NO5. The molecule has 0 aliphatic heterocycles. The number of ether oxygens (including phenoxy) is 2. The highest BCUT2D eigenvalue weighted by Crippen LogP contribution is 2.35. The number of carbonyl (C=O) groups is 2. The SMILES string of the molecule is C=CCCCOc1cccc(C)c1-c1cccc([C@H](CC(=O)OC)NC(=O)[C@H](O)CC=C)c1. The van der Waals surface area contributed by atoms with Crippen LogP contribution in [-0.2, 0) is 14.3 Å². The summed E-state index contributed by atoms with van der Waals surface area (Å²) in [5.41, 5.74) is 3.62. The topological polar surface area (TPSA) is 84.9 Å². The molecule has 176 valence electrons. The highest BCUT2D eigenvalue weighted by molar-refractivity contribution is 5.82. The van der Waals surface area contributed by atoms with Gasteiger partial charge in [0.1, 0.15) is 11.9 Å². The maximum absolute atomic E-state index is 12.4. The number of methoxy groups -OCH3 is 1. The third-order valence-corrected chi connectivity index (χ3v) is 5.23. The Morgan fingerprint density at radius 3 is 2.61 bits per heavy atom. The molecule has 0 fully saturated rings. The molecule has 0 bridgehead atoms. The van der Waals surface area contributed by atoms with Crippen LogP contribution in [0.3, 0.4) is 0 Å². The molecule has 0 spiro atoms. The van der Waals surface area contributed by atoms with Gasteiger partial charge in [-0.1, -0.05) is 42.5 Å². The van der Waals surface area contributed by atoms with E-state index in [9.17, 15) is 14.7 Å². The summed E-state index contributed by atoms with van der Waals surface area (Å²) in [5, 5.41) is 12.8. The first-order chi connectivity index (χ1) is 15.9. The Kier molecular flexibility index (Phi) is 10.4. The molecule has 2 aromatic rings. The van der Waals surface area contributed by atoms with E-state index in [2.05, 4.69) is 18.5 Å². The second-order valence-corrected chi connectivity index (χ2v) is 7.73. The van der Waals surface area contributed by atoms with Gasteiger partial charge in [0.05, 0.1) is 26.2 Å². The van der Waals surface area contributed by atoms with Gasteiger partial charge in [-0.3, -0.25) is 9.59 Å². The van der Waals surface area contributed by atoms with Crippen molar-refractivity contribution in [1.82, 2.24) is 5.32 Å². The van der Waals surface area contributed by atoms with E-state index in [1.165, 1.54) is 13.2 Å². The highest BCUT2D eigenvalue weighted by atomic mass is 16.5. The quantitative estimate of drug-likeness (QED) is 0.263. The fourth-order valence-corrected chi connectivity index (χ4v) is 3.49. The molecule has 0 saturated carbocycles. The van der Waals surface area contributed by atoms with Crippen LogP contribution in [0.4, 0.5) is 0 Å². The largest absolute Gasteiger partial charge is 0.493 e. The van der Waals surface area contributed by atoms with Crippen LogP contribution >= 0.6 is 0 Å². The van der Waals surface area contributed by atoms with Gasteiger partial charge in [0.15, 0.2) is 0 Å². The molecule has 2 rings (SSSR count). The second kappa shape index (κ2) is 13.2. The van der Waals surface area contributed by atoms with Crippen LogP contribution in [0.1, 0.15) is 42.9 Å². The Bertz CT molecular complexity index is 969. The van der Waals surface area contributed by atoms with E-state index in [-0.39, 0.29) is 12.8 Å². The number of hydrogen-bond acceptors (Lipinski definition) is 5. The van der Waals surface area contributed by atoms with Crippen molar-refractivity contribution in [3.8, 4) is 16.9 Å². The smallest absolute Gasteiger partial charge is 0.307 e. The molecule has 6 nitrogen and oxygen atoms in total. The van der Waals surface area contributed by atoms with E-state index in [0.29, 0.717) is 6.61 Å². The van der Waals surface area contributed by atoms with E-state index >= 15 is 0 Å². The lowest BCUT2D eigenvalue weighted by Gasteiger charge is -2.21. The summed E-state index contributed by atoms with van der Waals surface area (Å²) in [7, 11) is 1.30. The number of aryl methyl sites for hydroxylation is 1. The van der Waals surface area contributed by atoms with Crippen LogP contribution < -0.4 is 10.1 Å². The van der Waals surface area contributed by atoms with Gasteiger partial charge in [0.25, 0.3) is 0 Å². The van der Waals surface area contributed by atoms with Gasteiger partial charge in [-0.2, -0.15) is 0 Å². The van der Waals surface area contributed by atoms with Crippen molar-refractivity contribution < 1.29 is 24.2 Å². The number of esters is 1. The molecule has 33 heavy (non-hydrogen) atoms. The molecule has 0 aromatic heterocycles. The minimum atomic E-state index is -1.24. The lowest BCUT2D eigenvalue weighted by atomic mass is 9.94. The Morgan fingerprint density at radius 2 is 1.91 bits per heavy atom. The Labute approximate surface area is 195 Å². The summed E-state index contributed by atoms with van der Waals surface area (Å²) in [6.07, 6.45) is 3.90. The van der Waals surface area contributed by atoms with Crippen LogP contribution in [-0.4, -0.2) is 36.8 Å². The van der Waals surface area contributed by atoms with Crippen molar-refractivity contribution in [3.63, 3.8) is 0 Å². The van der Waals surface area contributed by atoms with Crippen molar-refractivity contribution >= 4 is 11.9 Å². The minimum Gasteiger partial charge on any atom is -0.493 e. The fourth-order valence-electron chi connectivity index (χ4n) is 3.49. The highest BCUT2D eigenvalue weighted by Gasteiger charge is 2.23. The van der Waals surface area contributed by atoms with Gasteiger partial charge in [-0.25, -0.2) is 0 Å². The molecule has 2 N–H and O–H groups in total. The Morgan fingerprint density at radius 1 is 1.15 bits per heavy atom. The van der Waals surface area contributed by atoms with Crippen LogP contribution in [0.15, 0.2) is 67.8 Å². The monoisotopic (exact) mass is 451 g/mol. The van der Waals surface area contributed by atoms with E-state index in [4.69, 9.17) is 9.47 Å². The van der Waals surface area contributed by atoms with Crippen molar-refractivity contribution in [2.75, 3.05) is 13.7 Å². The average molecular weight is 452 g/mol. The zero-order valence-electron chi connectivity index (χ0n) is 19.4. The number of aliphatic hydroxyl groups is 1. The molecule has 2 aromatic carbocycles. The lowest BCUT2D eigenvalue weighted by Crippen LogP contribution is -2.37.